The lowest BCUT2D eigenvalue weighted by Crippen LogP contribution is -2.22. The van der Waals surface area contributed by atoms with Gasteiger partial charge in [0.2, 0.25) is 0 Å². The van der Waals surface area contributed by atoms with Gasteiger partial charge in [-0.2, -0.15) is 0 Å². The highest BCUT2D eigenvalue weighted by Crippen LogP contribution is 2.02. The first kappa shape index (κ1) is 33.0. The van der Waals surface area contributed by atoms with Crippen molar-refractivity contribution in [3.05, 3.63) is 0 Å². The third-order valence-corrected chi connectivity index (χ3v) is 3.01. The Morgan fingerprint density at radius 2 is 0.571 bits per heavy atom. The van der Waals surface area contributed by atoms with Crippen molar-refractivity contribution in [1.82, 2.24) is 0 Å². The zero-order valence-electron chi connectivity index (χ0n) is 15.6. The van der Waals surface area contributed by atoms with Crippen LogP contribution < -0.4 is 0 Å². The summed E-state index contributed by atoms with van der Waals surface area (Å²) in [6, 6.07) is 0. The molecule has 0 aliphatic carbocycles. The van der Waals surface area contributed by atoms with E-state index in [2.05, 4.69) is 0 Å². The second kappa shape index (κ2) is 17.8. The molecule has 0 spiro atoms. The van der Waals surface area contributed by atoms with Crippen molar-refractivity contribution in [2.45, 2.75) is 40.0 Å². The number of hydrogen-bond acceptors (Lipinski definition) is 6. The molecule has 0 fully saturated rings. The van der Waals surface area contributed by atoms with Gasteiger partial charge in [-0.15, -0.1) is 0 Å². The van der Waals surface area contributed by atoms with Crippen molar-refractivity contribution in [3.63, 3.8) is 0 Å². The van der Waals surface area contributed by atoms with Gasteiger partial charge < -0.3 is 30.6 Å². The standard InChI is InChI=1S/3C5H8O4.Al/c3*1-2-3(4(6)7)5(8)9;/h3*3H,2H2,1H3,(H,6,7)(H,8,9);. The molecule has 0 amide bonds. The SMILES string of the molecule is CCC(C(=O)O)C(=O)O.CCC(C(=O)O)C(=O)O.CCC(C(=O)O)C(=O)O.[Al]. The quantitative estimate of drug-likeness (QED) is 0.215. The average molecular weight is 423 g/mol. The maximum atomic E-state index is 9.99. The molecule has 0 heterocycles. The largest absolute Gasteiger partial charge is 0.481 e. The zero-order chi connectivity index (χ0) is 22.3. The molecule has 0 saturated heterocycles. The van der Waals surface area contributed by atoms with Gasteiger partial charge in [-0.05, 0) is 19.3 Å². The van der Waals surface area contributed by atoms with E-state index in [1.807, 2.05) is 0 Å². The first-order valence-electron chi connectivity index (χ1n) is 7.64. The van der Waals surface area contributed by atoms with Crippen LogP contribution >= 0.6 is 0 Å². The number of carboxylic acid groups (broad SMARTS) is 6. The summed E-state index contributed by atoms with van der Waals surface area (Å²) in [5.41, 5.74) is 0. The summed E-state index contributed by atoms with van der Waals surface area (Å²) >= 11 is 0. The summed E-state index contributed by atoms with van der Waals surface area (Å²) < 4.78 is 0. The third kappa shape index (κ3) is 15.6. The topological polar surface area (TPSA) is 224 Å². The fourth-order valence-electron chi connectivity index (χ4n) is 1.36. The van der Waals surface area contributed by atoms with Gasteiger partial charge in [-0.3, -0.25) is 28.8 Å². The van der Waals surface area contributed by atoms with Gasteiger partial charge in [0.15, 0.2) is 17.8 Å². The maximum absolute atomic E-state index is 9.99. The van der Waals surface area contributed by atoms with E-state index in [9.17, 15) is 28.8 Å². The molecule has 0 atom stereocenters. The lowest BCUT2D eigenvalue weighted by atomic mass is 10.1. The molecule has 13 heteroatoms. The minimum atomic E-state index is -1.27. The van der Waals surface area contributed by atoms with Crippen molar-refractivity contribution in [1.29, 1.82) is 0 Å². The second-order valence-corrected chi connectivity index (χ2v) is 4.91. The van der Waals surface area contributed by atoms with Crippen molar-refractivity contribution >= 4 is 53.2 Å². The van der Waals surface area contributed by atoms with Gasteiger partial charge in [0.25, 0.3) is 0 Å². The highest BCUT2D eigenvalue weighted by atomic mass is 27.0. The Morgan fingerprint density at radius 1 is 0.464 bits per heavy atom. The van der Waals surface area contributed by atoms with Gasteiger partial charge in [-0.25, -0.2) is 0 Å². The molecule has 0 aromatic carbocycles. The van der Waals surface area contributed by atoms with Crippen LogP contribution in [0.5, 0.6) is 0 Å². The Balaban J connectivity index is -0.000000152. The smallest absolute Gasteiger partial charge is 0.317 e. The summed E-state index contributed by atoms with van der Waals surface area (Å²) in [5.74, 6) is -11.4. The highest BCUT2D eigenvalue weighted by molar-refractivity contribution is 5.93. The van der Waals surface area contributed by atoms with E-state index in [0.29, 0.717) is 0 Å². The molecule has 12 nitrogen and oxygen atoms in total. The van der Waals surface area contributed by atoms with Crippen molar-refractivity contribution in [2.24, 2.45) is 17.8 Å². The predicted octanol–water partition coefficient (Wildman–Crippen LogP) is 0.165. The van der Waals surface area contributed by atoms with Gasteiger partial charge in [-0.1, -0.05) is 20.8 Å². The molecule has 0 bridgehead atoms. The number of rotatable bonds is 9. The molecule has 0 aromatic rings. The van der Waals surface area contributed by atoms with E-state index in [1.54, 1.807) is 0 Å². The van der Waals surface area contributed by atoms with Crippen LogP contribution in [0.25, 0.3) is 0 Å². The Hall–Kier alpha value is -2.65. The van der Waals surface area contributed by atoms with Crippen LogP contribution in [0.1, 0.15) is 40.0 Å². The highest BCUT2D eigenvalue weighted by Gasteiger charge is 2.23. The minimum absolute atomic E-state index is 0. The van der Waals surface area contributed by atoms with Crippen LogP contribution in [-0.2, 0) is 28.8 Å². The van der Waals surface area contributed by atoms with Crippen LogP contribution in [0.2, 0.25) is 0 Å². The molecule has 3 radical (unpaired) electrons. The van der Waals surface area contributed by atoms with Crippen LogP contribution in [0.4, 0.5) is 0 Å². The molecule has 0 unspecified atom stereocenters. The molecule has 28 heavy (non-hydrogen) atoms. The van der Waals surface area contributed by atoms with Crippen LogP contribution in [0, 0.1) is 17.8 Å². The Labute approximate surface area is 170 Å². The van der Waals surface area contributed by atoms with Crippen LogP contribution in [-0.4, -0.2) is 83.8 Å². The number of aliphatic carboxylic acids is 6. The number of hydrogen-bond donors (Lipinski definition) is 6. The summed E-state index contributed by atoms with van der Waals surface area (Å²) in [6.07, 6.45) is 0.389. The zero-order valence-corrected chi connectivity index (χ0v) is 16.7. The molecule has 0 aromatic heterocycles. The van der Waals surface area contributed by atoms with Gasteiger partial charge in [0.05, 0.1) is 0 Å². The van der Waals surface area contributed by atoms with E-state index in [1.165, 1.54) is 20.8 Å². The lowest BCUT2D eigenvalue weighted by molar-refractivity contribution is -0.156. The van der Waals surface area contributed by atoms with E-state index in [-0.39, 0.29) is 36.6 Å². The van der Waals surface area contributed by atoms with E-state index in [0.717, 1.165) is 0 Å². The van der Waals surface area contributed by atoms with E-state index >= 15 is 0 Å². The Bertz CT molecular complexity index is 427. The van der Waals surface area contributed by atoms with Gasteiger partial charge in [0.1, 0.15) is 0 Å². The summed E-state index contributed by atoms with van der Waals surface area (Å²) in [5, 5.41) is 49.0. The van der Waals surface area contributed by atoms with E-state index in [4.69, 9.17) is 30.6 Å². The molecule has 0 rings (SSSR count). The Morgan fingerprint density at radius 3 is 0.571 bits per heavy atom. The molecule has 0 aliphatic heterocycles. The van der Waals surface area contributed by atoms with E-state index < -0.39 is 53.6 Å². The van der Waals surface area contributed by atoms with Crippen LogP contribution in [0.3, 0.4) is 0 Å². The first-order valence-corrected chi connectivity index (χ1v) is 7.64. The molecule has 0 aliphatic rings. The molecular weight excluding hydrogens is 399 g/mol. The normalized spacial score (nSPS) is 9.21. The fraction of sp³-hybridized carbons (Fsp3) is 0.600. The van der Waals surface area contributed by atoms with Crippen molar-refractivity contribution in [3.8, 4) is 0 Å². The monoisotopic (exact) mass is 423 g/mol. The summed E-state index contributed by atoms with van der Waals surface area (Å²) in [4.78, 5) is 59.9. The number of carbonyl (C=O) groups is 6. The van der Waals surface area contributed by atoms with Gasteiger partial charge >= 0.3 is 35.8 Å². The third-order valence-electron chi connectivity index (χ3n) is 3.01. The molecular formula is C15H24AlO12. The fourth-order valence-corrected chi connectivity index (χ4v) is 1.36. The summed E-state index contributed by atoms with van der Waals surface area (Å²) in [7, 11) is 0. The maximum Gasteiger partial charge on any atom is 0.317 e. The average Bonchev–Trinajstić information content (AvgIpc) is 2.47. The van der Waals surface area contributed by atoms with Crippen LogP contribution in [0.15, 0.2) is 0 Å². The summed E-state index contributed by atoms with van der Waals surface area (Å²) in [6.45, 7) is 4.56. The number of carboxylic acids is 6. The molecule has 6 N–H and O–H groups in total. The van der Waals surface area contributed by atoms with Crippen molar-refractivity contribution in [2.75, 3.05) is 0 Å². The molecule has 159 valence electrons. The van der Waals surface area contributed by atoms with Gasteiger partial charge in [0, 0.05) is 17.4 Å². The first-order chi connectivity index (χ1) is 12.3. The predicted molar refractivity (Wildman–Crippen MR) is 92.9 cm³/mol. The molecule has 0 saturated carbocycles. The minimum Gasteiger partial charge on any atom is -0.481 e. The second-order valence-electron chi connectivity index (χ2n) is 4.91. The Kier molecular flexibility index (Phi) is 20.9. The lowest BCUT2D eigenvalue weighted by Gasteiger charge is -2.00. The van der Waals surface area contributed by atoms with Crippen molar-refractivity contribution < 1.29 is 59.4 Å².